The number of carbonyl (C=O) groups excluding carboxylic acids is 4. The van der Waals surface area contributed by atoms with Crippen molar-refractivity contribution in [2.45, 2.75) is 45.1 Å². The highest BCUT2D eigenvalue weighted by Crippen LogP contribution is 2.14. The third kappa shape index (κ3) is 3.59. The molecule has 4 amide bonds. The van der Waals surface area contributed by atoms with Crippen molar-refractivity contribution in [3.63, 3.8) is 0 Å². The highest BCUT2D eigenvalue weighted by Gasteiger charge is 2.36. The first-order chi connectivity index (χ1) is 10.0. The molecule has 116 valence electrons. The van der Waals surface area contributed by atoms with Crippen LogP contribution >= 0.6 is 0 Å². The minimum absolute atomic E-state index is 0.0262. The molecule has 1 unspecified atom stereocenters. The third-order valence-electron chi connectivity index (χ3n) is 3.96. The number of amides is 4. The maximum atomic E-state index is 12.4. The Morgan fingerprint density at radius 2 is 2.00 bits per heavy atom. The Labute approximate surface area is 123 Å². The number of likely N-dealkylation sites (tertiary alicyclic amines) is 1. The molecule has 2 aliphatic rings. The fourth-order valence-electron chi connectivity index (χ4n) is 2.79. The first-order valence-corrected chi connectivity index (χ1v) is 7.44. The summed E-state index contributed by atoms with van der Waals surface area (Å²) in [4.78, 5) is 50.3. The largest absolute Gasteiger partial charge is 0.333 e. The maximum Gasteiger partial charge on any atom is 0.249 e. The van der Waals surface area contributed by atoms with E-state index in [1.165, 1.54) is 4.90 Å². The van der Waals surface area contributed by atoms with Gasteiger partial charge in [-0.1, -0.05) is 13.3 Å². The summed E-state index contributed by atoms with van der Waals surface area (Å²) in [7, 11) is 0. The smallest absolute Gasteiger partial charge is 0.249 e. The second kappa shape index (κ2) is 6.69. The molecular formula is C14H21N3O4. The number of imide groups is 1. The second-order valence-electron chi connectivity index (χ2n) is 5.48. The normalized spacial score (nSPS) is 23.9. The Bertz CT molecular complexity index is 463. The van der Waals surface area contributed by atoms with Gasteiger partial charge in [0.1, 0.15) is 12.6 Å². The zero-order valence-electron chi connectivity index (χ0n) is 12.3. The lowest BCUT2D eigenvalue weighted by atomic mass is 10.1. The number of hydrogen-bond acceptors (Lipinski definition) is 4. The van der Waals surface area contributed by atoms with Gasteiger partial charge >= 0.3 is 0 Å². The Hall–Kier alpha value is -1.92. The van der Waals surface area contributed by atoms with Crippen LogP contribution in [0, 0.1) is 0 Å². The molecule has 2 rings (SSSR count). The van der Waals surface area contributed by atoms with Crippen LogP contribution in [0.2, 0.25) is 0 Å². The Kier molecular flexibility index (Phi) is 4.93. The number of piperazine rings is 1. The van der Waals surface area contributed by atoms with Gasteiger partial charge in [0.2, 0.25) is 23.6 Å². The van der Waals surface area contributed by atoms with Crippen LogP contribution in [0.4, 0.5) is 0 Å². The van der Waals surface area contributed by atoms with Gasteiger partial charge in [0.25, 0.3) is 0 Å². The summed E-state index contributed by atoms with van der Waals surface area (Å²) in [5, 5.41) is 2.24. The van der Waals surface area contributed by atoms with Gasteiger partial charge in [0.05, 0.1) is 6.54 Å². The number of nitrogens with zero attached hydrogens (tertiary/aromatic N) is 2. The minimum Gasteiger partial charge on any atom is -0.333 e. The molecule has 0 saturated carbocycles. The zero-order valence-corrected chi connectivity index (χ0v) is 12.3. The predicted molar refractivity (Wildman–Crippen MR) is 74.0 cm³/mol. The van der Waals surface area contributed by atoms with E-state index in [2.05, 4.69) is 5.32 Å². The van der Waals surface area contributed by atoms with Gasteiger partial charge in [-0.15, -0.1) is 0 Å². The van der Waals surface area contributed by atoms with Crippen LogP contribution in [0.5, 0.6) is 0 Å². The van der Waals surface area contributed by atoms with Gasteiger partial charge in [0.15, 0.2) is 0 Å². The van der Waals surface area contributed by atoms with E-state index in [4.69, 9.17) is 0 Å². The topological polar surface area (TPSA) is 86.8 Å². The van der Waals surface area contributed by atoms with Crippen molar-refractivity contribution >= 4 is 23.6 Å². The average Bonchev–Trinajstić information content (AvgIpc) is 2.63. The Balaban J connectivity index is 2.04. The Morgan fingerprint density at radius 1 is 1.24 bits per heavy atom. The van der Waals surface area contributed by atoms with Crippen LogP contribution < -0.4 is 5.32 Å². The van der Waals surface area contributed by atoms with Gasteiger partial charge in [-0.25, -0.2) is 0 Å². The lowest BCUT2D eigenvalue weighted by Crippen LogP contribution is -2.61. The molecule has 2 saturated heterocycles. The van der Waals surface area contributed by atoms with Crippen molar-refractivity contribution in [3.05, 3.63) is 0 Å². The maximum absolute atomic E-state index is 12.4. The monoisotopic (exact) mass is 295 g/mol. The highest BCUT2D eigenvalue weighted by atomic mass is 16.2. The molecule has 1 atom stereocenters. The second-order valence-corrected chi connectivity index (χ2v) is 5.48. The van der Waals surface area contributed by atoms with Crippen molar-refractivity contribution in [1.82, 2.24) is 15.1 Å². The van der Waals surface area contributed by atoms with Crippen LogP contribution in [-0.2, 0) is 19.2 Å². The molecule has 2 heterocycles. The third-order valence-corrected chi connectivity index (χ3v) is 3.96. The van der Waals surface area contributed by atoms with E-state index in [0.717, 1.165) is 19.3 Å². The van der Waals surface area contributed by atoms with Gasteiger partial charge in [-0.3, -0.25) is 24.5 Å². The molecule has 0 aliphatic carbocycles. The minimum atomic E-state index is -0.628. The highest BCUT2D eigenvalue weighted by molar-refractivity contribution is 6.04. The molecule has 0 aromatic carbocycles. The summed E-state index contributed by atoms with van der Waals surface area (Å²) < 4.78 is 0. The van der Waals surface area contributed by atoms with Crippen LogP contribution in [0.3, 0.4) is 0 Å². The summed E-state index contributed by atoms with van der Waals surface area (Å²) >= 11 is 0. The van der Waals surface area contributed by atoms with Gasteiger partial charge in [0, 0.05) is 13.0 Å². The van der Waals surface area contributed by atoms with E-state index in [-0.39, 0.29) is 24.9 Å². The summed E-state index contributed by atoms with van der Waals surface area (Å²) in [5.74, 6) is -1.27. The molecule has 1 N–H and O–H groups in total. The van der Waals surface area contributed by atoms with Crippen LogP contribution in [0.15, 0.2) is 0 Å². The molecular weight excluding hydrogens is 274 g/mol. The number of carbonyl (C=O) groups is 4. The molecule has 21 heavy (non-hydrogen) atoms. The summed E-state index contributed by atoms with van der Waals surface area (Å²) in [6.07, 6.45) is 3.63. The van der Waals surface area contributed by atoms with Crippen molar-refractivity contribution in [1.29, 1.82) is 0 Å². The molecule has 0 aromatic heterocycles. The zero-order chi connectivity index (χ0) is 15.4. The molecule has 2 fully saturated rings. The lowest BCUT2D eigenvalue weighted by molar-refractivity contribution is -0.151. The van der Waals surface area contributed by atoms with Crippen LogP contribution in [-0.4, -0.2) is 59.1 Å². The lowest BCUT2D eigenvalue weighted by Gasteiger charge is -2.34. The van der Waals surface area contributed by atoms with Crippen LogP contribution in [0.25, 0.3) is 0 Å². The van der Waals surface area contributed by atoms with E-state index in [0.29, 0.717) is 19.4 Å². The number of nitrogens with one attached hydrogen (secondary N) is 1. The molecule has 0 bridgehead atoms. The van der Waals surface area contributed by atoms with Crippen molar-refractivity contribution in [2.75, 3.05) is 19.6 Å². The van der Waals surface area contributed by atoms with E-state index >= 15 is 0 Å². The van der Waals surface area contributed by atoms with E-state index < -0.39 is 17.9 Å². The first-order valence-electron chi connectivity index (χ1n) is 7.44. The van der Waals surface area contributed by atoms with Crippen molar-refractivity contribution in [3.8, 4) is 0 Å². The summed E-state index contributed by atoms with van der Waals surface area (Å²) in [5.41, 5.74) is 0. The standard InChI is InChI=1S/C14H21N3O4/c1-2-10-14(21)15-11(18)8-17(10)13(20)9-16-7-5-3-4-6-12(16)19/h10H,2-9H2,1H3,(H,15,18,21). The van der Waals surface area contributed by atoms with Crippen LogP contribution in [0.1, 0.15) is 39.0 Å². The summed E-state index contributed by atoms with van der Waals surface area (Å²) in [6.45, 7) is 2.19. The van der Waals surface area contributed by atoms with E-state index in [1.54, 1.807) is 11.8 Å². The predicted octanol–water partition coefficient (Wildman–Crippen LogP) is -0.347. The molecule has 0 radical (unpaired) electrons. The molecule has 2 aliphatic heterocycles. The molecule has 0 aromatic rings. The fraction of sp³-hybridized carbons (Fsp3) is 0.714. The average molecular weight is 295 g/mol. The van der Waals surface area contributed by atoms with Gasteiger partial charge in [-0.2, -0.15) is 0 Å². The molecule has 7 nitrogen and oxygen atoms in total. The van der Waals surface area contributed by atoms with E-state index in [1.807, 2.05) is 0 Å². The fourth-order valence-corrected chi connectivity index (χ4v) is 2.79. The van der Waals surface area contributed by atoms with Crippen molar-refractivity contribution in [2.24, 2.45) is 0 Å². The quantitative estimate of drug-likeness (QED) is 0.721. The Morgan fingerprint density at radius 3 is 2.71 bits per heavy atom. The van der Waals surface area contributed by atoms with E-state index in [9.17, 15) is 19.2 Å². The SMILES string of the molecule is CCC1C(=O)NC(=O)CN1C(=O)CN1CCCCCC1=O. The number of hydrogen-bond donors (Lipinski definition) is 1. The van der Waals surface area contributed by atoms with Gasteiger partial charge < -0.3 is 9.80 Å². The summed E-state index contributed by atoms with van der Waals surface area (Å²) in [6, 6.07) is -0.628. The van der Waals surface area contributed by atoms with Crippen molar-refractivity contribution < 1.29 is 19.2 Å². The molecule has 0 spiro atoms. The molecule has 7 heteroatoms. The number of rotatable bonds is 3. The van der Waals surface area contributed by atoms with Gasteiger partial charge in [-0.05, 0) is 19.3 Å². The first kappa shape index (κ1) is 15.5.